The van der Waals surface area contributed by atoms with E-state index < -0.39 is 5.56 Å². The van der Waals surface area contributed by atoms with Gasteiger partial charge in [0.15, 0.2) is 5.65 Å². The molecular formula is C26H15ClN4O2S. The highest BCUT2D eigenvalue weighted by Crippen LogP contribution is 2.38. The van der Waals surface area contributed by atoms with E-state index in [4.69, 9.17) is 28.5 Å². The summed E-state index contributed by atoms with van der Waals surface area (Å²) in [6.45, 7) is 0. The van der Waals surface area contributed by atoms with Gasteiger partial charge in [-0.2, -0.15) is 10.2 Å². The minimum atomic E-state index is -0.453. The number of pyridine rings is 1. The molecule has 3 heterocycles. The summed E-state index contributed by atoms with van der Waals surface area (Å²) in [5.41, 5.74) is 9.44. The second-order valence-corrected chi connectivity index (χ2v) is 8.70. The SMILES string of the molecule is C#Cc1c(-c2ccc(OC)cc2)c(C#N)c2nc(=O)c3c(-c4ccc(Cl)cc4)csc3n2c1N. The summed E-state index contributed by atoms with van der Waals surface area (Å²) in [5.74, 6) is 3.52. The van der Waals surface area contributed by atoms with Gasteiger partial charge in [-0.05, 0) is 35.4 Å². The van der Waals surface area contributed by atoms with Crippen LogP contribution in [0.5, 0.6) is 5.75 Å². The van der Waals surface area contributed by atoms with Gasteiger partial charge in [0.25, 0.3) is 5.56 Å². The molecule has 0 aliphatic heterocycles. The minimum Gasteiger partial charge on any atom is -0.497 e. The first-order valence-corrected chi connectivity index (χ1v) is 11.3. The first kappa shape index (κ1) is 21.5. The van der Waals surface area contributed by atoms with Crippen LogP contribution in [0.25, 0.3) is 38.1 Å². The fraction of sp³-hybridized carbons (Fsp3) is 0.0385. The first-order valence-electron chi connectivity index (χ1n) is 10.0. The summed E-state index contributed by atoms with van der Waals surface area (Å²) in [5, 5.41) is 13.0. The third-order valence-electron chi connectivity index (χ3n) is 5.62. The van der Waals surface area contributed by atoms with Crippen LogP contribution in [-0.4, -0.2) is 16.5 Å². The van der Waals surface area contributed by atoms with Crippen LogP contribution in [0, 0.1) is 23.7 Å². The van der Waals surface area contributed by atoms with E-state index >= 15 is 0 Å². The molecule has 2 aromatic carbocycles. The van der Waals surface area contributed by atoms with Crippen molar-refractivity contribution >= 4 is 44.6 Å². The predicted molar refractivity (Wildman–Crippen MR) is 136 cm³/mol. The maximum absolute atomic E-state index is 13.2. The molecule has 0 saturated heterocycles. The van der Waals surface area contributed by atoms with Gasteiger partial charge in [-0.25, -0.2) is 0 Å². The van der Waals surface area contributed by atoms with E-state index in [-0.39, 0.29) is 17.0 Å². The molecule has 164 valence electrons. The predicted octanol–water partition coefficient (Wildman–Crippen LogP) is 5.34. The molecule has 0 saturated carbocycles. The van der Waals surface area contributed by atoms with Crippen molar-refractivity contribution in [2.75, 3.05) is 12.8 Å². The molecule has 0 spiro atoms. The molecule has 0 fully saturated rings. The quantitative estimate of drug-likeness (QED) is 0.350. The number of benzene rings is 2. The highest BCUT2D eigenvalue weighted by molar-refractivity contribution is 7.17. The molecule has 8 heteroatoms. The molecule has 0 amide bonds. The van der Waals surface area contributed by atoms with Crippen molar-refractivity contribution < 1.29 is 4.74 Å². The van der Waals surface area contributed by atoms with Crippen LogP contribution in [0.1, 0.15) is 11.1 Å². The van der Waals surface area contributed by atoms with E-state index in [0.717, 1.165) is 5.56 Å². The van der Waals surface area contributed by atoms with Gasteiger partial charge >= 0.3 is 0 Å². The van der Waals surface area contributed by atoms with Gasteiger partial charge in [0.1, 0.15) is 28.0 Å². The van der Waals surface area contributed by atoms with Crippen LogP contribution in [0.2, 0.25) is 5.02 Å². The second-order valence-electron chi connectivity index (χ2n) is 7.41. The van der Waals surface area contributed by atoms with Crippen molar-refractivity contribution in [3.8, 4) is 46.4 Å². The molecule has 0 atom stereocenters. The molecule has 0 radical (unpaired) electrons. The molecule has 2 N–H and O–H groups in total. The van der Waals surface area contributed by atoms with E-state index in [1.807, 2.05) is 17.5 Å². The largest absolute Gasteiger partial charge is 0.497 e. The normalized spacial score (nSPS) is 10.8. The third kappa shape index (κ3) is 3.19. The van der Waals surface area contributed by atoms with E-state index in [1.54, 1.807) is 47.9 Å². The van der Waals surface area contributed by atoms with Gasteiger partial charge in [-0.1, -0.05) is 41.8 Å². The number of halogens is 1. The Kier molecular flexibility index (Phi) is 5.22. The Bertz CT molecular complexity index is 1740. The van der Waals surface area contributed by atoms with Crippen molar-refractivity contribution in [2.45, 2.75) is 0 Å². The summed E-state index contributed by atoms with van der Waals surface area (Å²) in [6.07, 6.45) is 5.88. The van der Waals surface area contributed by atoms with Crippen LogP contribution >= 0.6 is 22.9 Å². The van der Waals surface area contributed by atoms with Gasteiger partial charge in [0.05, 0.1) is 18.1 Å². The standard InChI is InChI=1S/C26H15ClN4O2S/c1-3-18-21(15-6-10-17(33-2)11-7-15)19(12-28)24-30-25(32)22-20(14-4-8-16(27)9-5-14)13-34-26(22)31(24)23(18)29/h1,4-11,13H,29H2,2H3. The lowest BCUT2D eigenvalue weighted by molar-refractivity contribution is 0.415. The average molecular weight is 483 g/mol. The lowest BCUT2D eigenvalue weighted by atomic mass is 9.95. The fourth-order valence-corrected chi connectivity index (χ4v) is 5.24. The Labute approximate surface area is 203 Å². The molecule has 5 aromatic rings. The topological polar surface area (TPSA) is 93.4 Å². The Hall–Kier alpha value is -4.30. The fourth-order valence-electron chi connectivity index (χ4n) is 4.03. The van der Waals surface area contributed by atoms with Gasteiger partial charge in [-0.3, -0.25) is 9.20 Å². The van der Waals surface area contributed by atoms with Crippen molar-refractivity contribution in [3.63, 3.8) is 0 Å². The highest BCUT2D eigenvalue weighted by Gasteiger charge is 2.23. The number of fused-ring (bicyclic) bond motifs is 3. The Balaban J connectivity index is 1.90. The van der Waals surface area contributed by atoms with Crippen molar-refractivity contribution in [3.05, 3.63) is 80.4 Å². The van der Waals surface area contributed by atoms with Crippen LogP contribution in [0.15, 0.2) is 58.7 Å². The van der Waals surface area contributed by atoms with E-state index in [9.17, 15) is 10.1 Å². The molecule has 0 unspecified atom stereocenters. The molecular weight excluding hydrogens is 468 g/mol. The zero-order chi connectivity index (χ0) is 24.0. The number of rotatable bonds is 3. The maximum atomic E-state index is 13.2. The van der Waals surface area contributed by atoms with Gasteiger partial charge in [0, 0.05) is 21.5 Å². The number of nitriles is 1. The molecule has 0 aliphatic carbocycles. The smallest absolute Gasteiger partial charge is 0.282 e. The van der Waals surface area contributed by atoms with Gasteiger partial charge < -0.3 is 10.5 Å². The average Bonchev–Trinajstić information content (AvgIpc) is 3.30. The zero-order valence-electron chi connectivity index (χ0n) is 17.8. The van der Waals surface area contributed by atoms with Crippen molar-refractivity contribution in [1.82, 2.24) is 9.38 Å². The number of methoxy groups -OCH3 is 1. The number of hydrogen-bond donors (Lipinski definition) is 1. The number of nitrogen functional groups attached to an aromatic ring is 1. The number of nitrogens with two attached hydrogens (primary N) is 1. The maximum Gasteiger partial charge on any atom is 0.282 e. The van der Waals surface area contributed by atoms with Crippen molar-refractivity contribution in [2.24, 2.45) is 0 Å². The van der Waals surface area contributed by atoms with E-state index in [0.29, 0.717) is 43.2 Å². The number of aromatic nitrogens is 2. The lowest BCUT2D eigenvalue weighted by Gasteiger charge is -2.16. The highest BCUT2D eigenvalue weighted by atomic mass is 35.5. The monoisotopic (exact) mass is 482 g/mol. The number of ether oxygens (including phenoxy) is 1. The number of anilines is 1. The molecule has 0 bridgehead atoms. The zero-order valence-corrected chi connectivity index (χ0v) is 19.4. The van der Waals surface area contributed by atoms with E-state index in [2.05, 4.69) is 17.0 Å². The Morgan fingerprint density at radius 2 is 1.79 bits per heavy atom. The third-order valence-corrected chi connectivity index (χ3v) is 6.83. The van der Waals surface area contributed by atoms with Crippen LogP contribution in [-0.2, 0) is 0 Å². The van der Waals surface area contributed by atoms with E-state index in [1.165, 1.54) is 11.3 Å². The number of nitrogens with zero attached hydrogens (tertiary/aromatic N) is 3. The molecule has 5 rings (SSSR count). The molecule has 0 aliphatic rings. The number of hydrogen-bond acceptors (Lipinski definition) is 6. The second kappa shape index (κ2) is 8.24. The van der Waals surface area contributed by atoms with Crippen LogP contribution in [0.3, 0.4) is 0 Å². The first-order chi connectivity index (χ1) is 16.5. The molecule has 3 aromatic heterocycles. The summed E-state index contributed by atoms with van der Waals surface area (Å²) in [7, 11) is 1.57. The van der Waals surface area contributed by atoms with Gasteiger partial charge in [-0.15, -0.1) is 17.8 Å². The number of terminal acetylenes is 1. The summed E-state index contributed by atoms with van der Waals surface area (Å²) >= 11 is 7.35. The van der Waals surface area contributed by atoms with Crippen molar-refractivity contribution in [1.29, 1.82) is 5.26 Å². The summed E-state index contributed by atoms with van der Waals surface area (Å²) in [6, 6.07) is 16.5. The Morgan fingerprint density at radius 3 is 2.41 bits per heavy atom. The molecule has 6 nitrogen and oxygen atoms in total. The summed E-state index contributed by atoms with van der Waals surface area (Å²) in [4.78, 5) is 18.1. The number of thiophene rings is 1. The van der Waals surface area contributed by atoms with Gasteiger partial charge in [0.2, 0.25) is 0 Å². The Morgan fingerprint density at radius 1 is 1.12 bits per heavy atom. The van der Waals surface area contributed by atoms with Crippen LogP contribution < -0.4 is 16.0 Å². The van der Waals surface area contributed by atoms with Crippen LogP contribution in [0.4, 0.5) is 5.82 Å². The lowest BCUT2D eigenvalue weighted by Crippen LogP contribution is -2.15. The minimum absolute atomic E-state index is 0.159. The molecule has 34 heavy (non-hydrogen) atoms. The summed E-state index contributed by atoms with van der Waals surface area (Å²) < 4.78 is 6.83.